The molecule has 2 heterocycles. The molecule has 6 aromatic carbocycles. The monoisotopic (exact) mass is 939 g/mol. The second kappa shape index (κ2) is 21.6. The first-order chi connectivity index (χ1) is 31.9. The number of rotatable bonds is 10. The quantitative estimate of drug-likeness (QED) is 0.0656. The van der Waals surface area contributed by atoms with E-state index in [4.69, 9.17) is 9.11 Å². The van der Waals surface area contributed by atoms with E-state index in [0.29, 0.717) is 33.8 Å². The van der Waals surface area contributed by atoms with Gasteiger partial charge in [-0.15, -0.1) is 0 Å². The molecule has 67 heavy (non-hydrogen) atoms. The number of hydrogen-bond donors (Lipinski definition) is 5. The van der Waals surface area contributed by atoms with Gasteiger partial charge in [0.1, 0.15) is 13.1 Å². The summed E-state index contributed by atoms with van der Waals surface area (Å²) in [5, 5.41) is 10.9. The van der Waals surface area contributed by atoms with Gasteiger partial charge in [-0.3, -0.25) is 23.5 Å². The van der Waals surface area contributed by atoms with Crippen molar-refractivity contribution in [2.24, 2.45) is 0 Å². The van der Waals surface area contributed by atoms with Gasteiger partial charge in [-0.05, 0) is 137 Å². The van der Waals surface area contributed by atoms with Gasteiger partial charge in [0.15, 0.2) is 12.4 Å². The minimum absolute atomic E-state index is 0.0666. The van der Waals surface area contributed by atoms with Crippen molar-refractivity contribution in [2.75, 3.05) is 16.0 Å². The maximum Gasteiger partial charge on any atom is 0.294 e. The molecule has 0 atom stereocenters. The van der Waals surface area contributed by atoms with Crippen LogP contribution in [0.25, 0.3) is 21.8 Å². The van der Waals surface area contributed by atoms with E-state index in [9.17, 15) is 31.2 Å². The lowest BCUT2D eigenvalue weighted by atomic mass is 10.1. The van der Waals surface area contributed by atoms with Gasteiger partial charge >= 0.3 is 0 Å². The highest BCUT2D eigenvalue weighted by molar-refractivity contribution is 7.86. The average molecular weight is 940 g/mol. The first kappa shape index (κ1) is 48.8. The fourth-order valence-corrected chi connectivity index (χ4v) is 7.70. The Labute approximate surface area is 389 Å². The lowest BCUT2D eigenvalue weighted by Gasteiger charge is -2.09. The highest BCUT2D eigenvalue weighted by Gasteiger charge is 2.15. The number of pyridine rings is 2. The number of carbonyl (C=O) groups excluding carboxylic acids is 3. The van der Waals surface area contributed by atoms with Gasteiger partial charge in [-0.1, -0.05) is 35.4 Å². The molecule has 8 aromatic rings. The molecule has 0 saturated heterocycles. The van der Waals surface area contributed by atoms with Gasteiger partial charge in [0.2, 0.25) is 11.0 Å². The molecule has 16 heteroatoms. The molecule has 5 N–H and O–H groups in total. The average Bonchev–Trinajstić information content (AvgIpc) is 3.31. The standard InChI is InChI=1S/C37H31N5O3.2C7H8O3S/c1-3-41-21-5-7-25-13-19-31(23-33(25)41)39-36(44)28-11-9-27(10-12-28)35(43)38-30-17-15-29(16-18-30)37(45)40-32-20-14-26-8-6-22-42(4-2)34(26)24-32;2*1-6-2-4-7(5-3-6)11(8,9)10/h5-24H,3-4H2,1-2H3,(H,38,43,45);2*2-5H,1H3,(H,8,9,10)/p+2. The van der Waals surface area contributed by atoms with Crippen molar-refractivity contribution in [1.29, 1.82) is 0 Å². The Morgan fingerprint density at radius 1 is 0.448 bits per heavy atom. The third kappa shape index (κ3) is 13.2. The summed E-state index contributed by atoms with van der Waals surface area (Å²) in [5.74, 6) is -0.825. The molecule has 0 fully saturated rings. The van der Waals surface area contributed by atoms with E-state index < -0.39 is 20.2 Å². The Kier molecular flexibility index (Phi) is 15.7. The van der Waals surface area contributed by atoms with E-state index in [1.807, 2.05) is 86.9 Å². The van der Waals surface area contributed by atoms with Crippen LogP contribution in [0.5, 0.6) is 0 Å². The number of nitrogens with zero attached hydrogens (tertiary/aromatic N) is 2. The normalized spacial score (nSPS) is 11.1. The van der Waals surface area contributed by atoms with Gasteiger partial charge in [-0.2, -0.15) is 26.0 Å². The number of aryl methyl sites for hydroxylation is 4. The summed E-state index contributed by atoms with van der Waals surface area (Å²) in [5.41, 5.74) is 7.25. The number of hydrogen-bond acceptors (Lipinski definition) is 7. The number of aromatic nitrogens is 2. The van der Waals surface area contributed by atoms with Gasteiger partial charge in [0.05, 0.1) is 9.79 Å². The van der Waals surface area contributed by atoms with Crippen LogP contribution in [0.1, 0.15) is 56.0 Å². The van der Waals surface area contributed by atoms with Crippen LogP contribution in [0.2, 0.25) is 0 Å². The van der Waals surface area contributed by atoms with Gasteiger partial charge in [0, 0.05) is 68.8 Å². The van der Waals surface area contributed by atoms with Crippen molar-refractivity contribution >= 4 is 76.8 Å². The number of anilines is 3. The second-order valence-corrected chi connectivity index (χ2v) is 18.1. The largest absolute Gasteiger partial charge is 0.322 e. The smallest absolute Gasteiger partial charge is 0.294 e. The van der Waals surface area contributed by atoms with E-state index in [1.54, 1.807) is 72.8 Å². The first-order valence-electron chi connectivity index (χ1n) is 21.0. The SMILES string of the molecule is CC[n+]1cccc2ccc(NC(=O)c3ccc(NC(=O)c4ccc(C(=O)Nc5ccc6ccc[n+](CC)c6c5)cc4)cc3)cc21.Cc1ccc(S(=O)(=O)O)cc1.Cc1ccc(S(=O)(=O)O)cc1. The predicted octanol–water partition coefficient (Wildman–Crippen LogP) is 8.85. The van der Waals surface area contributed by atoms with E-state index in [0.717, 1.165) is 46.0 Å². The topological polar surface area (TPSA) is 204 Å². The van der Waals surface area contributed by atoms with E-state index in [-0.39, 0.29) is 27.5 Å². The summed E-state index contributed by atoms with van der Waals surface area (Å²) >= 11 is 0. The van der Waals surface area contributed by atoms with Gasteiger partial charge < -0.3 is 16.0 Å². The summed E-state index contributed by atoms with van der Waals surface area (Å²) in [7, 11) is -8.04. The van der Waals surface area contributed by atoms with Crippen molar-refractivity contribution in [3.63, 3.8) is 0 Å². The molecule has 0 saturated carbocycles. The molecule has 0 aliphatic heterocycles. The van der Waals surface area contributed by atoms with E-state index in [1.165, 1.54) is 24.3 Å². The lowest BCUT2D eigenvalue weighted by molar-refractivity contribution is -0.668. The van der Waals surface area contributed by atoms with Crippen molar-refractivity contribution in [2.45, 2.75) is 50.6 Å². The summed E-state index contributed by atoms with van der Waals surface area (Å²) in [6.45, 7) is 9.48. The van der Waals surface area contributed by atoms with Gasteiger partial charge in [0.25, 0.3) is 38.0 Å². The number of benzene rings is 6. The fourth-order valence-electron chi connectivity index (χ4n) is 6.74. The van der Waals surface area contributed by atoms with Crippen LogP contribution in [0.3, 0.4) is 0 Å². The molecule has 0 radical (unpaired) electrons. The molecule has 0 bridgehead atoms. The van der Waals surface area contributed by atoms with E-state index in [2.05, 4.69) is 38.9 Å². The van der Waals surface area contributed by atoms with Crippen molar-refractivity contribution in [3.05, 3.63) is 198 Å². The zero-order valence-electron chi connectivity index (χ0n) is 37.0. The summed E-state index contributed by atoms with van der Waals surface area (Å²) in [4.78, 5) is 38.6. The van der Waals surface area contributed by atoms with Crippen molar-refractivity contribution in [3.8, 4) is 0 Å². The van der Waals surface area contributed by atoms with Crippen LogP contribution in [0.15, 0.2) is 180 Å². The first-order valence-corrected chi connectivity index (χ1v) is 23.9. The summed E-state index contributed by atoms with van der Waals surface area (Å²) in [6.07, 6.45) is 4.03. The Bertz CT molecular complexity index is 3220. The molecule has 0 aliphatic rings. The van der Waals surface area contributed by atoms with Crippen molar-refractivity contribution < 1.29 is 49.5 Å². The molecule has 2 aromatic heterocycles. The number of nitrogens with one attached hydrogen (secondary N) is 3. The van der Waals surface area contributed by atoms with Crippen molar-refractivity contribution in [1.82, 2.24) is 0 Å². The molecule has 0 aliphatic carbocycles. The van der Waals surface area contributed by atoms with Crippen LogP contribution in [-0.2, 0) is 33.3 Å². The summed E-state index contributed by atoms with van der Waals surface area (Å²) in [6, 6.07) is 44.9. The Morgan fingerprint density at radius 2 is 0.761 bits per heavy atom. The Balaban J connectivity index is 0.000000274. The number of carbonyl (C=O) groups is 3. The molecule has 0 spiro atoms. The molecule has 8 rings (SSSR count). The van der Waals surface area contributed by atoms with Crippen LogP contribution < -0.4 is 25.1 Å². The number of amides is 3. The minimum Gasteiger partial charge on any atom is -0.322 e. The maximum absolute atomic E-state index is 12.9. The molecule has 3 amide bonds. The third-order valence-electron chi connectivity index (χ3n) is 10.4. The fraction of sp³-hybridized carbons (Fsp3) is 0.118. The van der Waals surface area contributed by atoms with E-state index >= 15 is 0 Å². The van der Waals surface area contributed by atoms with Crippen LogP contribution in [0.4, 0.5) is 17.1 Å². The highest BCUT2D eigenvalue weighted by Crippen LogP contribution is 2.20. The number of fused-ring (bicyclic) bond motifs is 2. The maximum atomic E-state index is 12.9. The van der Waals surface area contributed by atoms with Crippen LogP contribution in [0, 0.1) is 13.8 Å². The zero-order valence-corrected chi connectivity index (χ0v) is 38.7. The minimum atomic E-state index is -4.02. The lowest BCUT2D eigenvalue weighted by Crippen LogP contribution is -2.32. The predicted molar refractivity (Wildman–Crippen MR) is 258 cm³/mol. The Morgan fingerprint density at radius 3 is 1.09 bits per heavy atom. The third-order valence-corrected chi connectivity index (χ3v) is 12.1. The van der Waals surface area contributed by atoms with Crippen LogP contribution >= 0.6 is 0 Å². The molecule has 342 valence electrons. The molecular formula is C51H49N5O9S2+2. The molecule has 14 nitrogen and oxygen atoms in total. The highest BCUT2D eigenvalue weighted by atomic mass is 32.2. The van der Waals surface area contributed by atoms with Crippen LogP contribution in [-0.4, -0.2) is 43.7 Å². The zero-order chi connectivity index (χ0) is 48.3. The Hall–Kier alpha value is -7.63. The molecular weight excluding hydrogens is 891 g/mol. The van der Waals surface area contributed by atoms with Gasteiger partial charge in [-0.25, -0.2) is 0 Å². The summed E-state index contributed by atoms with van der Waals surface area (Å²) < 4.78 is 63.3. The molecule has 0 unspecified atom stereocenters. The second-order valence-electron chi connectivity index (χ2n) is 15.2.